The Labute approximate surface area is 272 Å². The van der Waals surface area contributed by atoms with E-state index in [4.69, 9.17) is 40.5 Å². The Morgan fingerprint density at radius 3 is 2.40 bits per heavy atom. The minimum absolute atomic E-state index is 0.0127. The molecule has 1 aliphatic rings. The number of pyridine rings is 3. The summed E-state index contributed by atoms with van der Waals surface area (Å²) in [6.45, 7) is 10.2. The molecule has 1 aromatic carbocycles. The molecule has 0 saturated carbocycles. The maximum Gasteiger partial charge on any atom is 0.276 e. The summed E-state index contributed by atoms with van der Waals surface area (Å²) >= 11 is 18.7. The number of piperazine rings is 1. The second-order valence-corrected chi connectivity index (χ2v) is 11.9. The fraction of sp³-hybridized carbons (Fsp3) is 0.258. The Balaban J connectivity index is 1.93. The van der Waals surface area contributed by atoms with E-state index < -0.39 is 38.5 Å². The number of rotatable bonds is 5. The molecule has 0 bridgehead atoms. The Hall–Kier alpha value is -4.24. The van der Waals surface area contributed by atoms with Gasteiger partial charge in [0.2, 0.25) is 5.91 Å². The number of fused-ring (bicyclic) bond motifs is 1. The van der Waals surface area contributed by atoms with Crippen LogP contribution in [0.1, 0.15) is 36.6 Å². The largest absolute Gasteiger partial charge is 0.397 e. The van der Waals surface area contributed by atoms with E-state index in [1.807, 2.05) is 13.8 Å². The van der Waals surface area contributed by atoms with Crippen molar-refractivity contribution < 1.29 is 13.6 Å². The molecule has 4 heterocycles. The fourth-order valence-corrected chi connectivity index (χ4v) is 6.13. The predicted octanol–water partition coefficient (Wildman–Crippen LogP) is 6.41. The summed E-state index contributed by atoms with van der Waals surface area (Å²) in [6, 6.07) is 5.19. The molecule has 1 fully saturated rings. The first-order chi connectivity index (χ1) is 21.3. The molecule has 1 aliphatic heterocycles. The van der Waals surface area contributed by atoms with Crippen molar-refractivity contribution in [3.8, 4) is 23.0 Å². The topological polar surface area (TPSA) is 121 Å². The third-order valence-corrected chi connectivity index (χ3v) is 8.87. The highest BCUT2D eigenvalue weighted by Gasteiger charge is 2.31. The van der Waals surface area contributed by atoms with Crippen molar-refractivity contribution in [2.24, 2.45) is 0 Å². The lowest BCUT2D eigenvalue weighted by Crippen LogP contribution is -2.49. The number of hydrogen-bond donors (Lipinski definition) is 1. The van der Waals surface area contributed by atoms with Crippen LogP contribution in [-0.4, -0.2) is 51.5 Å². The van der Waals surface area contributed by atoms with Crippen molar-refractivity contribution in [2.45, 2.75) is 26.7 Å². The van der Waals surface area contributed by atoms with Crippen molar-refractivity contribution in [3.05, 3.63) is 84.9 Å². The number of nitrogens with two attached hydrogens (primary N) is 1. The number of nitriles is 1. The molecular formula is C31H26Cl3F2N7O2. The van der Waals surface area contributed by atoms with Crippen LogP contribution in [0.25, 0.3) is 28.0 Å². The number of benzene rings is 1. The molecule has 5 rings (SSSR count). The summed E-state index contributed by atoms with van der Waals surface area (Å²) in [6.07, 6.45) is 2.83. The first kappa shape index (κ1) is 32.2. The van der Waals surface area contributed by atoms with Gasteiger partial charge in [0.05, 0.1) is 44.1 Å². The van der Waals surface area contributed by atoms with Gasteiger partial charge in [0.15, 0.2) is 11.6 Å². The zero-order chi connectivity index (χ0) is 32.9. The first-order valence-electron chi connectivity index (χ1n) is 13.8. The normalized spacial score (nSPS) is 13.4. The maximum atomic E-state index is 15.5. The van der Waals surface area contributed by atoms with Crippen LogP contribution >= 0.6 is 34.8 Å². The lowest BCUT2D eigenvalue weighted by atomic mass is 10.0. The van der Waals surface area contributed by atoms with Gasteiger partial charge < -0.3 is 15.5 Å². The Bertz CT molecular complexity index is 1990. The Morgan fingerprint density at radius 2 is 1.80 bits per heavy atom. The number of nitrogen functional groups attached to an aromatic ring is 1. The quantitative estimate of drug-likeness (QED) is 0.113. The zero-order valence-corrected chi connectivity index (χ0v) is 26.7. The first-order valence-corrected chi connectivity index (χ1v) is 14.9. The summed E-state index contributed by atoms with van der Waals surface area (Å²) in [4.78, 5) is 39.2. The number of aryl methyl sites for hydroxylation is 1. The van der Waals surface area contributed by atoms with Crippen LogP contribution in [0.5, 0.6) is 0 Å². The average molecular weight is 673 g/mol. The smallest absolute Gasteiger partial charge is 0.276 e. The van der Waals surface area contributed by atoms with Crippen molar-refractivity contribution in [1.29, 1.82) is 5.26 Å². The predicted molar refractivity (Wildman–Crippen MR) is 172 cm³/mol. The number of carbonyl (C=O) groups excluding carboxylic acids is 1. The Kier molecular flexibility index (Phi) is 8.77. The zero-order valence-electron chi connectivity index (χ0n) is 24.4. The third-order valence-electron chi connectivity index (χ3n) is 7.74. The number of halogens is 5. The standard InChI is InChI=1S/C31H26Cl3F2N7O2/c1-5-19(44)41-8-10-42(11-9-41)29-16-12-18(32)27(20-23(35)24(36)21(33)22(34)25(20)38)40-30(16)43(31(45)17(29)13-37)28-15(4)6-7-39-26(28)14(2)3/h5-7,12,14H,1,8-11,38H2,2-4H3. The summed E-state index contributed by atoms with van der Waals surface area (Å²) in [5.74, 6) is -3.28. The van der Waals surface area contributed by atoms with E-state index in [2.05, 4.69) is 22.6 Å². The highest BCUT2D eigenvalue weighted by molar-refractivity contribution is 6.44. The van der Waals surface area contributed by atoms with Crippen molar-refractivity contribution in [3.63, 3.8) is 0 Å². The molecule has 45 heavy (non-hydrogen) atoms. The van der Waals surface area contributed by atoms with Gasteiger partial charge in [-0.3, -0.25) is 19.1 Å². The van der Waals surface area contributed by atoms with Crippen LogP contribution < -0.4 is 16.2 Å². The number of aromatic nitrogens is 3. The van der Waals surface area contributed by atoms with E-state index >= 15 is 4.39 Å². The summed E-state index contributed by atoms with van der Waals surface area (Å²) in [5, 5.41) is 9.36. The van der Waals surface area contributed by atoms with Gasteiger partial charge >= 0.3 is 0 Å². The minimum atomic E-state index is -1.45. The number of anilines is 2. The van der Waals surface area contributed by atoms with Gasteiger partial charge in [0.25, 0.3) is 5.56 Å². The number of hydrogen-bond acceptors (Lipinski definition) is 7. The SMILES string of the molecule is C=CC(=O)N1CCN(c2c(C#N)c(=O)n(-c3c(C)ccnc3C(C)C)c3nc(-c4c(N)c(Cl)c(Cl)c(F)c4F)c(Cl)cc23)CC1. The van der Waals surface area contributed by atoms with Crippen LogP contribution in [0.3, 0.4) is 0 Å². The second-order valence-electron chi connectivity index (χ2n) is 10.7. The molecule has 232 valence electrons. The van der Waals surface area contributed by atoms with Crippen LogP contribution in [0.4, 0.5) is 20.2 Å². The van der Waals surface area contributed by atoms with E-state index in [0.29, 0.717) is 30.0 Å². The van der Waals surface area contributed by atoms with E-state index in [-0.39, 0.29) is 57.9 Å². The van der Waals surface area contributed by atoms with Crippen molar-refractivity contribution in [2.75, 3.05) is 36.8 Å². The van der Waals surface area contributed by atoms with Gasteiger partial charge in [-0.1, -0.05) is 55.2 Å². The average Bonchev–Trinajstić information content (AvgIpc) is 3.02. The van der Waals surface area contributed by atoms with Crippen molar-refractivity contribution >= 4 is 63.1 Å². The molecule has 1 saturated heterocycles. The molecule has 1 amide bonds. The van der Waals surface area contributed by atoms with E-state index in [1.54, 1.807) is 29.0 Å². The maximum absolute atomic E-state index is 15.5. The molecule has 0 radical (unpaired) electrons. The van der Waals surface area contributed by atoms with Gasteiger partial charge in [-0.05, 0) is 36.6 Å². The van der Waals surface area contributed by atoms with E-state index in [1.165, 1.54) is 16.7 Å². The monoisotopic (exact) mass is 671 g/mol. The van der Waals surface area contributed by atoms with Crippen LogP contribution in [-0.2, 0) is 4.79 Å². The fourth-order valence-electron chi connectivity index (χ4n) is 5.52. The van der Waals surface area contributed by atoms with Gasteiger partial charge in [-0.2, -0.15) is 5.26 Å². The molecule has 3 aromatic heterocycles. The van der Waals surface area contributed by atoms with Crippen molar-refractivity contribution in [1.82, 2.24) is 19.4 Å². The number of nitrogens with zero attached hydrogens (tertiary/aromatic N) is 6. The van der Waals surface area contributed by atoms with Crippen LogP contribution in [0.15, 0.2) is 35.8 Å². The van der Waals surface area contributed by atoms with Gasteiger partial charge in [0, 0.05) is 37.8 Å². The molecule has 14 heteroatoms. The summed E-state index contributed by atoms with van der Waals surface area (Å²) in [7, 11) is 0. The summed E-state index contributed by atoms with van der Waals surface area (Å²) < 4.78 is 31.5. The molecule has 9 nitrogen and oxygen atoms in total. The van der Waals surface area contributed by atoms with Gasteiger partial charge in [0.1, 0.15) is 22.3 Å². The lowest BCUT2D eigenvalue weighted by Gasteiger charge is -2.36. The van der Waals surface area contributed by atoms with Crippen LogP contribution in [0, 0.1) is 29.9 Å². The highest BCUT2D eigenvalue weighted by Crippen LogP contribution is 2.44. The molecule has 0 unspecified atom stereocenters. The minimum Gasteiger partial charge on any atom is -0.397 e. The molecule has 0 spiro atoms. The highest BCUT2D eigenvalue weighted by atomic mass is 35.5. The molecule has 0 atom stereocenters. The third kappa shape index (κ3) is 5.27. The molecule has 2 N–H and O–H groups in total. The second kappa shape index (κ2) is 12.3. The molecular weight excluding hydrogens is 647 g/mol. The van der Waals surface area contributed by atoms with Gasteiger partial charge in [-0.25, -0.2) is 13.8 Å². The van der Waals surface area contributed by atoms with Crippen LogP contribution in [0.2, 0.25) is 15.1 Å². The summed E-state index contributed by atoms with van der Waals surface area (Å²) in [5.41, 5.74) is 5.76. The molecule has 0 aliphatic carbocycles. The van der Waals surface area contributed by atoms with E-state index in [0.717, 1.165) is 0 Å². The Morgan fingerprint density at radius 1 is 1.13 bits per heavy atom. The van der Waals surface area contributed by atoms with Gasteiger partial charge in [-0.15, -0.1) is 0 Å². The number of carbonyl (C=O) groups is 1. The van der Waals surface area contributed by atoms with E-state index in [9.17, 15) is 19.2 Å². The number of amides is 1. The lowest BCUT2D eigenvalue weighted by molar-refractivity contribution is -0.126. The molecule has 4 aromatic rings.